The van der Waals surface area contributed by atoms with Crippen LogP contribution >= 0.6 is 0 Å². The first-order valence-electron chi connectivity index (χ1n) is 12.0. The average molecular weight is 488 g/mol. The van der Waals surface area contributed by atoms with Gasteiger partial charge in [0.25, 0.3) is 0 Å². The average Bonchev–Trinajstić information content (AvgIpc) is 3.03. The molecule has 2 heterocycles. The van der Waals surface area contributed by atoms with E-state index in [1.165, 1.54) is 9.80 Å². The molecule has 36 heavy (non-hydrogen) atoms. The number of para-hydroxylation sites is 1. The predicted octanol–water partition coefficient (Wildman–Crippen LogP) is 4.09. The lowest BCUT2D eigenvalue weighted by Crippen LogP contribution is -2.52. The van der Waals surface area contributed by atoms with Crippen molar-refractivity contribution in [3.63, 3.8) is 0 Å². The Morgan fingerprint density at radius 2 is 1.78 bits per heavy atom. The fourth-order valence-electron chi connectivity index (χ4n) is 4.47. The molecule has 186 valence electrons. The number of carbonyl (C=O) groups excluding carboxylic acids is 2. The van der Waals surface area contributed by atoms with Gasteiger partial charge in [-0.1, -0.05) is 54.6 Å². The Morgan fingerprint density at radius 1 is 1.03 bits per heavy atom. The molecule has 4 rings (SSSR count). The summed E-state index contributed by atoms with van der Waals surface area (Å²) in [7, 11) is 0. The molecule has 1 N–H and O–H groups in total. The summed E-state index contributed by atoms with van der Waals surface area (Å²) in [4.78, 5) is 45.4. The van der Waals surface area contributed by atoms with E-state index < -0.39 is 30.6 Å². The van der Waals surface area contributed by atoms with Gasteiger partial charge in [-0.3, -0.25) is 24.4 Å². The molecule has 8 nitrogen and oxygen atoms in total. The van der Waals surface area contributed by atoms with Crippen molar-refractivity contribution in [2.45, 2.75) is 38.3 Å². The smallest absolute Gasteiger partial charge is 0.410 e. The van der Waals surface area contributed by atoms with Crippen molar-refractivity contribution >= 4 is 23.7 Å². The lowest BCUT2D eigenvalue weighted by atomic mass is 10.0. The van der Waals surface area contributed by atoms with Gasteiger partial charge < -0.3 is 9.84 Å². The van der Waals surface area contributed by atoms with Gasteiger partial charge in [-0.25, -0.2) is 4.79 Å². The quantitative estimate of drug-likeness (QED) is 0.488. The number of anilines is 1. The topological polar surface area (TPSA) is 100 Å². The molecular formula is C28H29N3O5. The Kier molecular flexibility index (Phi) is 8.28. The number of fused-ring (bicyclic) bond motifs is 1. The number of pyridine rings is 1. The number of ether oxygens (including phenoxy) is 1. The number of benzene rings is 2. The Morgan fingerprint density at radius 3 is 2.53 bits per heavy atom. The van der Waals surface area contributed by atoms with E-state index in [1.807, 2.05) is 48.5 Å². The van der Waals surface area contributed by atoms with Crippen molar-refractivity contribution in [1.29, 1.82) is 0 Å². The number of aliphatic carboxylic acids is 1. The van der Waals surface area contributed by atoms with Crippen LogP contribution in [-0.2, 0) is 33.8 Å². The number of aromatic nitrogens is 1. The van der Waals surface area contributed by atoms with Gasteiger partial charge >= 0.3 is 12.1 Å². The first kappa shape index (κ1) is 24.9. The van der Waals surface area contributed by atoms with Crippen LogP contribution in [0.5, 0.6) is 0 Å². The van der Waals surface area contributed by atoms with E-state index in [2.05, 4.69) is 4.98 Å². The fraction of sp³-hybridized carbons (Fsp3) is 0.286. The first-order valence-corrected chi connectivity index (χ1v) is 12.0. The van der Waals surface area contributed by atoms with Crippen LogP contribution in [0.1, 0.15) is 29.5 Å². The first-order chi connectivity index (χ1) is 17.5. The van der Waals surface area contributed by atoms with Gasteiger partial charge in [-0.2, -0.15) is 0 Å². The number of carbonyl (C=O) groups is 3. The van der Waals surface area contributed by atoms with Crippen LogP contribution in [0.15, 0.2) is 79.1 Å². The molecule has 1 unspecified atom stereocenters. The van der Waals surface area contributed by atoms with Gasteiger partial charge in [0.1, 0.15) is 19.2 Å². The molecule has 8 heteroatoms. The second kappa shape index (κ2) is 12.0. The van der Waals surface area contributed by atoms with Crippen LogP contribution in [-0.4, -0.2) is 52.1 Å². The number of hydrogen-bond acceptors (Lipinski definition) is 5. The zero-order chi connectivity index (χ0) is 25.3. The van der Waals surface area contributed by atoms with Crippen molar-refractivity contribution < 1.29 is 24.2 Å². The van der Waals surface area contributed by atoms with Crippen molar-refractivity contribution in [1.82, 2.24) is 9.88 Å². The number of rotatable bonds is 9. The SMILES string of the molecule is O=C(O)CN1C(=O)C(N(CCCc2ccccc2)C(=O)OCc2cccnc2)CCc2ccccc21. The number of amides is 2. The van der Waals surface area contributed by atoms with E-state index in [1.54, 1.807) is 30.6 Å². The molecule has 0 bridgehead atoms. The molecule has 3 aromatic rings. The van der Waals surface area contributed by atoms with Crippen molar-refractivity contribution in [3.05, 3.63) is 95.8 Å². The molecule has 2 aromatic carbocycles. The summed E-state index contributed by atoms with van der Waals surface area (Å²) in [5.74, 6) is -1.53. The Hall–Kier alpha value is -4.20. The standard InChI is InChI=1S/C28H29N3O5/c32-26(33)19-31-24-13-5-4-12-23(24)14-15-25(27(31)34)30(17-7-11-21-8-2-1-3-9-21)28(35)36-20-22-10-6-16-29-18-22/h1-6,8-10,12-13,16,18,25H,7,11,14-15,17,19-20H2,(H,32,33). The third-order valence-corrected chi connectivity index (χ3v) is 6.22. The highest BCUT2D eigenvalue weighted by Gasteiger charge is 2.37. The number of carboxylic acids is 1. The molecule has 1 aromatic heterocycles. The van der Waals surface area contributed by atoms with Crippen LogP contribution in [0.2, 0.25) is 0 Å². The second-order valence-electron chi connectivity index (χ2n) is 8.70. The van der Waals surface area contributed by atoms with Crippen LogP contribution < -0.4 is 4.90 Å². The Balaban J connectivity index is 1.56. The summed E-state index contributed by atoms with van der Waals surface area (Å²) in [6.07, 6.45) is 4.92. The summed E-state index contributed by atoms with van der Waals surface area (Å²) in [6.45, 7) is -0.148. The van der Waals surface area contributed by atoms with E-state index in [-0.39, 0.29) is 6.61 Å². The molecule has 1 aliphatic heterocycles. The van der Waals surface area contributed by atoms with E-state index in [4.69, 9.17) is 4.74 Å². The minimum absolute atomic E-state index is 0.0296. The lowest BCUT2D eigenvalue weighted by Gasteiger charge is -2.32. The van der Waals surface area contributed by atoms with E-state index >= 15 is 0 Å². The van der Waals surface area contributed by atoms with Crippen molar-refractivity contribution in [3.8, 4) is 0 Å². The van der Waals surface area contributed by atoms with Crippen LogP contribution in [0, 0.1) is 0 Å². The third-order valence-electron chi connectivity index (χ3n) is 6.22. The maximum absolute atomic E-state index is 13.7. The third kappa shape index (κ3) is 6.27. The Bertz CT molecular complexity index is 1190. The van der Waals surface area contributed by atoms with Gasteiger partial charge in [0.15, 0.2) is 0 Å². The number of hydrogen-bond donors (Lipinski definition) is 1. The molecule has 1 aliphatic rings. The summed E-state index contributed by atoms with van der Waals surface area (Å²) in [6, 6.07) is 19.9. The van der Waals surface area contributed by atoms with Gasteiger partial charge in [0.2, 0.25) is 5.91 Å². The number of nitrogens with zero attached hydrogens (tertiary/aromatic N) is 3. The normalized spacial score (nSPS) is 15.1. The second-order valence-corrected chi connectivity index (χ2v) is 8.70. The Labute approximate surface area is 210 Å². The molecule has 0 aliphatic carbocycles. The highest BCUT2D eigenvalue weighted by Crippen LogP contribution is 2.29. The molecule has 2 amide bonds. The highest BCUT2D eigenvalue weighted by atomic mass is 16.6. The van der Waals surface area contributed by atoms with Crippen molar-refractivity contribution in [2.75, 3.05) is 18.0 Å². The van der Waals surface area contributed by atoms with Gasteiger partial charge in [0.05, 0.1) is 0 Å². The highest BCUT2D eigenvalue weighted by molar-refractivity contribution is 6.02. The zero-order valence-corrected chi connectivity index (χ0v) is 20.0. The van der Waals surface area contributed by atoms with E-state index in [0.717, 1.165) is 23.1 Å². The lowest BCUT2D eigenvalue weighted by molar-refractivity contribution is -0.137. The molecule has 0 fully saturated rings. The molecule has 0 spiro atoms. The fourth-order valence-corrected chi connectivity index (χ4v) is 4.47. The van der Waals surface area contributed by atoms with Gasteiger partial charge in [0, 0.05) is 30.2 Å². The molecule has 0 saturated heterocycles. The summed E-state index contributed by atoms with van der Waals surface area (Å²) in [5, 5.41) is 9.51. The molecule has 1 atom stereocenters. The van der Waals surface area contributed by atoms with Crippen molar-refractivity contribution in [2.24, 2.45) is 0 Å². The van der Waals surface area contributed by atoms with Crippen LogP contribution in [0.3, 0.4) is 0 Å². The van der Waals surface area contributed by atoms with Crippen LogP contribution in [0.25, 0.3) is 0 Å². The monoisotopic (exact) mass is 487 g/mol. The summed E-state index contributed by atoms with van der Waals surface area (Å²) >= 11 is 0. The molecule has 0 saturated carbocycles. The van der Waals surface area contributed by atoms with Crippen LogP contribution in [0.4, 0.5) is 10.5 Å². The summed E-state index contributed by atoms with van der Waals surface area (Å²) < 4.78 is 5.59. The largest absolute Gasteiger partial charge is 0.480 e. The van der Waals surface area contributed by atoms with E-state index in [0.29, 0.717) is 31.5 Å². The summed E-state index contributed by atoms with van der Waals surface area (Å²) in [5.41, 5.74) is 3.32. The predicted molar refractivity (Wildman–Crippen MR) is 134 cm³/mol. The number of aryl methyl sites for hydroxylation is 2. The minimum Gasteiger partial charge on any atom is -0.480 e. The van der Waals surface area contributed by atoms with E-state index in [9.17, 15) is 19.5 Å². The van der Waals surface area contributed by atoms with Gasteiger partial charge in [-0.05, 0) is 48.9 Å². The maximum atomic E-state index is 13.7. The van der Waals surface area contributed by atoms with Gasteiger partial charge in [-0.15, -0.1) is 0 Å². The molecular weight excluding hydrogens is 458 g/mol. The maximum Gasteiger partial charge on any atom is 0.410 e. The zero-order valence-electron chi connectivity index (χ0n) is 20.0. The molecule has 0 radical (unpaired) electrons. The minimum atomic E-state index is -1.12. The number of carboxylic acid groups (broad SMARTS) is 1.